The first-order chi connectivity index (χ1) is 8.01. The molecule has 100 valence electrons. The fourth-order valence-corrected chi connectivity index (χ4v) is 3.64. The summed E-state index contributed by atoms with van der Waals surface area (Å²) < 4.78 is 0. The highest BCUT2D eigenvalue weighted by Gasteiger charge is 2.44. The predicted octanol–water partition coefficient (Wildman–Crippen LogP) is 2.70. The average Bonchev–Trinajstić information content (AvgIpc) is 2.23. The van der Waals surface area contributed by atoms with E-state index < -0.39 is 0 Å². The maximum Gasteiger partial charge on any atom is 0.0110 e. The van der Waals surface area contributed by atoms with Crippen molar-refractivity contribution in [3.63, 3.8) is 0 Å². The van der Waals surface area contributed by atoms with E-state index in [2.05, 4.69) is 37.7 Å². The number of hydrogen-bond acceptors (Lipinski definition) is 2. The maximum atomic E-state index is 2.65. The first kappa shape index (κ1) is 13.4. The summed E-state index contributed by atoms with van der Waals surface area (Å²) in [7, 11) is 4.34. The summed E-state index contributed by atoms with van der Waals surface area (Å²) in [5.74, 6) is 1.91. The van der Waals surface area contributed by atoms with Crippen LogP contribution in [0.15, 0.2) is 0 Å². The number of rotatable bonds is 4. The van der Waals surface area contributed by atoms with Crippen LogP contribution >= 0.6 is 0 Å². The number of nitrogens with zero attached hydrogens (tertiary/aromatic N) is 2. The molecule has 0 amide bonds. The third kappa shape index (κ3) is 3.23. The Labute approximate surface area is 107 Å². The highest BCUT2D eigenvalue weighted by molar-refractivity contribution is 4.98. The van der Waals surface area contributed by atoms with Gasteiger partial charge in [0.25, 0.3) is 0 Å². The molecule has 0 aromatic rings. The molecule has 0 aromatic heterocycles. The highest BCUT2D eigenvalue weighted by atomic mass is 15.2. The Balaban J connectivity index is 1.69. The molecule has 0 atom stereocenters. The van der Waals surface area contributed by atoms with Gasteiger partial charge in [-0.1, -0.05) is 13.8 Å². The van der Waals surface area contributed by atoms with Crippen LogP contribution in [0.2, 0.25) is 0 Å². The van der Waals surface area contributed by atoms with Crippen molar-refractivity contribution < 1.29 is 0 Å². The van der Waals surface area contributed by atoms with Gasteiger partial charge in [0.2, 0.25) is 0 Å². The van der Waals surface area contributed by atoms with Gasteiger partial charge in [-0.25, -0.2) is 0 Å². The molecule has 1 saturated carbocycles. The molecule has 17 heavy (non-hydrogen) atoms. The third-order valence-electron chi connectivity index (χ3n) is 5.02. The summed E-state index contributed by atoms with van der Waals surface area (Å²) in [5.41, 5.74) is 0.734. The van der Waals surface area contributed by atoms with E-state index in [4.69, 9.17) is 0 Å². The van der Waals surface area contributed by atoms with Crippen LogP contribution in [0.4, 0.5) is 0 Å². The topological polar surface area (TPSA) is 6.48 Å². The molecule has 1 spiro atoms. The molecular formula is C15H30N2. The van der Waals surface area contributed by atoms with Crippen molar-refractivity contribution in [3.05, 3.63) is 0 Å². The Morgan fingerprint density at radius 3 is 2.24 bits per heavy atom. The van der Waals surface area contributed by atoms with E-state index in [0.717, 1.165) is 17.3 Å². The Morgan fingerprint density at radius 2 is 1.76 bits per heavy atom. The van der Waals surface area contributed by atoms with E-state index in [-0.39, 0.29) is 0 Å². The lowest BCUT2D eigenvalue weighted by Crippen LogP contribution is -2.58. The fraction of sp³-hybridized carbons (Fsp3) is 1.00. The molecule has 0 unspecified atom stereocenters. The van der Waals surface area contributed by atoms with Crippen molar-refractivity contribution in [3.8, 4) is 0 Å². The van der Waals surface area contributed by atoms with E-state index in [1.54, 1.807) is 0 Å². The molecule has 0 radical (unpaired) electrons. The van der Waals surface area contributed by atoms with E-state index in [1.807, 2.05) is 0 Å². The summed E-state index contributed by atoms with van der Waals surface area (Å²) >= 11 is 0. The second kappa shape index (κ2) is 5.27. The maximum absolute atomic E-state index is 2.65. The molecule has 2 heteroatoms. The van der Waals surface area contributed by atoms with Crippen molar-refractivity contribution >= 4 is 0 Å². The molecule has 2 rings (SSSR count). The standard InChI is InChI=1S/C15H30N2/c1-13(2)14-5-7-15(8-6-14)11-17(12-15)10-9-16(3)4/h13-14H,5-12H2,1-4H3. The minimum absolute atomic E-state index is 0.734. The number of likely N-dealkylation sites (tertiary alicyclic amines) is 1. The van der Waals surface area contributed by atoms with Crippen LogP contribution in [0.3, 0.4) is 0 Å². The largest absolute Gasteiger partial charge is 0.308 e. The summed E-state index contributed by atoms with van der Waals surface area (Å²) in [6, 6.07) is 0. The van der Waals surface area contributed by atoms with Crippen LogP contribution in [0.25, 0.3) is 0 Å². The first-order valence-electron chi connectivity index (χ1n) is 7.38. The monoisotopic (exact) mass is 238 g/mol. The van der Waals surface area contributed by atoms with E-state index in [9.17, 15) is 0 Å². The van der Waals surface area contributed by atoms with Gasteiger partial charge in [-0.2, -0.15) is 0 Å². The Hall–Kier alpha value is -0.0800. The van der Waals surface area contributed by atoms with Gasteiger partial charge in [0.05, 0.1) is 0 Å². The third-order valence-corrected chi connectivity index (χ3v) is 5.02. The van der Waals surface area contributed by atoms with Gasteiger partial charge in [-0.3, -0.25) is 0 Å². The molecule has 2 nitrogen and oxygen atoms in total. The lowest BCUT2D eigenvalue weighted by atomic mass is 9.64. The van der Waals surface area contributed by atoms with Crippen LogP contribution in [0, 0.1) is 17.3 Å². The van der Waals surface area contributed by atoms with Crippen molar-refractivity contribution in [2.45, 2.75) is 39.5 Å². The summed E-state index contributed by atoms with van der Waals surface area (Å²) in [5, 5.41) is 0. The van der Waals surface area contributed by atoms with E-state index in [0.29, 0.717) is 0 Å². The lowest BCUT2D eigenvalue weighted by Gasteiger charge is -2.54. The summed E-state index contributed by atoms with van der Waals surface area (Å²) in [4.78, 5) is 4.94. The van der Waals surface area contributed by atoms with Crippen molar-refractivity contribution in [2.24, 2.45) is 17.3 Å². The van der Waals surface area contributed by atoms with E-state index >= 15 is 0 Å². The normalized spacial score (nSPS) is 25.8. The molecule has 0 bridgehead atoms. The molecule has 0 aromatic carbocycles. The second-order valence-corrected chi connectivity index (χ2v) is 7.10. The SMILES string of the molecule is CC(C)C1CCC2(CC1)CN(CCN(C)C)C2. The Morgan fingerprint density at radius 1 is 1.18 bits per heavy atom. The van der Waals surface area contributed by atoms with Crippen LogP contribution in [-0.4, -0.2) is 50.1 Å². The van der Waals surface area contributed by atoms with Crippen LogP contribution in [0.1, 0.15) is 39.5 Å². The smallest absolute Gasteiger partial charge is 0.0110 e. The molecule has 0 N–H and O–H groups in total. The summed E-state index contributed by atoms with van der Waals surface area (Å²) in [6.45, 7) is 10.0. The first-order valence-corrected chi connectivity index (χ1v) is 7.38. The minimum Gasteiger partial charge on any atom is -0.308 e. The number of hydrogen-bond donors (Lipinski definition) is 0. The predicted molar refractivity (Wildman–Crippen MR) is 74.2 cm³/mol. The van der Waals surface area contributed by atoms with Gasteiger partial charge in [-0.15, -0.1) is 0 Å². The van der Waals surface area contributed by atoms with Crippen molar-refractivity contribution in [1.82, 2.24) is 9.80 Å². The van der Waals surface area contributed by atoms with Gasteiger partial charge in [-0.05, 0) is 57.0 Å². The van der Waals surface area contributed by atoms with Gasteiger partial charge < -0.3 is 9.80 Å². The molecule has 2 fully saturated rings. The molecule has 1 aliphatic heterocycles. The fourth-order valence-electron chi connectivity index (χ4n) is 3.64. The zero-order valence-corrected chi connectivity index (χ0v) is 12.2. The average molecular weight is 238 g/mol. The Kier molecular flexibility index (Phi) is 4.14. The van der Waals surface area contributed by atoms with Gasteiger partial charge in [0, 0.05) is 26.2 Å². The molecular weight excluding hydrogens is 208 g/mol. The van der Waals surface area contributed by atoms with Gasteiger partial charge in [0.1, 0.15) is 0 Å². The zero-order valence-electron chi connectivity index (χ0n) is 12.2. The quantitative estimate of drug-likeness (QED) is 0.743. The van der Waals surface area contributed by atoms with Crippen LogP contribution < -0.4 is 0 Å². The molecule has 2 aliphatic rings. The molecule has 1 heterocycles. The van der Waals surface area contributed by atoms with Gasteiger partial charge >= 0.3 is 0 Å². The highest BCUT2D eigenvalue weighted by Crippen LogP contribution is 2.46. The van der Waals surface area contributed by atoms with Gasteiger partial charge in [0.15, 0.2) is 0 Å². The van der Waals surface area contributed by atoms with Crippen molar-refractivity contribution in [2.75, 3.05) is 40.3 Å². The van der Waals surface area contributed by atoms with Crippen LogP contribution in [-0.2, 0) is 0 Å². The molecule has 1 saturated heterocycles. The Bertz CT molecular complexity index is 231. The van der Waals surface area contributed by atoms with Crippen molar-refractivity contribution in [1.29, 1.82) is 0 Å². The van der Waals surface area contributed by atoms with Crippen LogP contribution in [0.5, 0.6) is 0 Å². The lowest BCUT2D eigenvalue weighted by molar-refractivity contribution is -0.0439. The number of likely N-dealkylation sites (N-methyl/N-ethyl adjacent to an activating group) is 1. The zero-order chi connectivity index (χ0) is 12.5. The second-order valence-electron chi connectivity index (χ2n) is 7.10. The summed E-state index contributed by atoms with van der Waals surface area (Å²) in [6.07, 6.45) is 5.96. The van der Waals surface area contributed by atoms with E-state index in [1.165, 1.54) is 51.9 Å². The minimum atomic E-state index is 0.734. The molecule has 1 aliphatic carbocycles.